The Balaban J connectivity index is 1.44. The largest absolute Gasteiger partial charge is 0.497 e. The molecule has 5 aromatic rings. The zero-order chi connectivity index (χ0) is 21.8. The first-order valence-corrected chi connectivity index (χ1v) is 11.2. The first-order valence-electron chi connectivity index (χ1n) is 10.3. The summed E-state index contributed by atoms with van der Waals surface area (Å²) in [7, 11) is 1.67. The van der Waals surface area contributed by atoms with Gasteiger partial charge in [0.2, 0.25) is 5.95 Å². The molecule has 0 fully saturated rings. The number of rotatable bonds is 8. The Morgan fingerprint density at radius 1 is 1.00 bits per heavy atom. The van der Waals surface area contributed by atoms with Crippen molar-refractivity contribution in [2.75, 3.05) is 24.3 Å². The van der Waals surface area contributed by atoms with Gasteiger partial charge in [0, 0.05) is 17.6 Å². The van der Waals surface area contributed by atoms with Crippen LogP contribution in [0.5, 0.6) is 5.75 Å². The normalized spacial score (nSPS) is 10.9. The van der Waals surface area contributed by atoms with Gasteiger partial charge in [-0.3, -0.25) is 4.57 Å². The van der Waals surface area contributed by atoms with Crippen molar-refractivity contribution in [2.45, 2.75) is 6.42 Å². The molecule has 0 saturated carbocycles. The van der Waals surface area contributed by atoms with Crippen molar-refractivity contribution in [2.24, 2.45) is 0 Å². The highest BCUT2D eigenvalue weighted by Gasteiger charge is 2.15. The number of benzene rings is 2. The summed E-state index contributed by atoms with van der Waals surface area (Å²) in [5.74, 6) is 2.08. The first kappa shape index (κ1) is 20.0. The van der Waals surface area contributed by atoms with Gasteiger partial charge in [0.25, 0.3) is 0 Å². The summed E-state index contributed by atoms with van der Waals surface area (Å²) in [4.78, 5) is 14.1. The lowest BCUT2D eigenvalue weighted by molar-refractivity contribution is 0.414. The minimum absolute atomic E-state index is 0.521. The van der Waals surface area contributed by atoms with Crippen LogP contribution < -0.4 is 15.4 Å². The van der Waals surface area contributed by atoms with Gasteiger partial charge in [-0.25, -0.2) is 4.98 Å². The number of methoxy groups -OCH3 is 1. The van der Waals surface area contributed by atoms with E-state index in [1.807, 2.05) is 52.4 Å². The molecule has 0 bridgehead atoms. The fourth-order valence-electron chi connectivity index (χ4n) is 3.43. The van der Waals surface area contributed by atoms with Gasteiger partial charge >= 0.3 is 0 Å². The van der Waals surface area contributed by atoms with Crippen molar-refractivity contribution in [3.05, 3.63) is 83.3 Å². The molecule has 0 saturated heterocycles. The summed E-state index contributed by atoms with van der Waals surface area (Å²) in [5.41, 5.74) is 4.67. The van der Waals surface area contributed by atoms with Gasteiger partial charge in [-0.2, -0.15) is 21.3 Å². The molecule has 0 amide bonds. The zero-order valence-electron chi connectivity index (χ0n) is 17.5. The summed E-state index contributed by atoms with van der Waals surface area (Å²) >= 11 is 1.64. The van der Waals surface area contributed by atoms with E-state index in [1.165, 1.54) is 5.56 Å². The van der Waals surface area contributed by atoms with Gasteiger partial charge in [-0.1, -0.05) is 30.3 Å². The third-order valence-corrected chi connectivity index (χ3v) is 5.75. The quantitative estimate of drug-likeness (QED) is 0.340. The van der Waals surface area contributed by atoms with Crippen LogP contribution in [0.1, 0.15) is 5.56 Å². The monoisotopic (exact) mass is 442 g/mol. The summed E-state index contributed by atoms with van der Waals surface area (Å²) in [6, 6.07) is 20.1. The Bertz CT molecular complexity index is 1300. The number of aromatic nitrogens is 4. The van der Waals surface area contributed by atoms with Crippen LogP contribution in [0.4, 0.5) is 17.5 Å². The van der Waals surface area contributed by atoms with E-state index in [0.29, 0.717) is 18.3 Å². The Morgan fingerprint density at radius 2 is 1.84 bits per heavy atom. The second-order valence-electron chi connectivity index (χ2n) is 7.18. The molecule has 32 heavy (non-hydrogen) atoms. The summed E-state index contributed by atoms with van der Waals surface area (Å²) < 4.78 is 7.22. The topological polar surface area (TPSA) is 76.9 Å². The lowest BCUT2D eigenvalue weighted by atomic mass is 10.1. The third kappa shape index (κ3) is 4.26. The van der Waals surface area contributed by atoms with Crippen molar-refractivity contribution in [1.29, 1.82) is 0 Å². The Hall–Kier alpha value is -3.91. The third-order valence-electron chi connectivity index (χ3n) is 5.08. The van der Waals surface area contributed by atoms with Crippen LogP contribution >= 0.6 is 11.3 Å². The first-order chi connectivity index (χ1) is 15.8. The minimum Gasteiger partial charge on any atom is -0.497 e. The lowest BCUT2D eigenvalue weighted by Gasteiger charge is -2.11. The standard InChI is InChI=1S/C24H22N6OS/c1-31-20-9-7-17(8-10-20)11-13-25-22-21-23(30(16-26-21)19-12-14-32-15-19)29-24(28-22)27-18-5-3-2-4-6-18/h2-10,12,14-16H,11,13H2,1H3,(H2,25,27,28,29). The molecule has 0 spiro atoms. The van der Waals surface area contributed by atoms with E-state index in [-0.39, 0.29) is 0 Å². The number of nitrogens with one attached hydrogen (secondary N) is 2. The number of fused-ring (bicyclic) bond motifs is 1. The van der Waals surface area contributed by atoms with Gasteiger partial charge in [0.05, 0.1) is 12.8 Å². The number of nitrogens with zero attached hydrogens (tertiary/aromatic N) is 4. The number of imidazole rings is 1. The predicted molar refractivity (Wildman–Crippen MR) is 129 cm³/mol. The highest BCUT2D eigenvalue weighted by atomic mass is 32.1. The van der Waals surface area contributed by atoms with Crippen LogP contribution in [0.2, 0.25) is 0 Å². The molecule has 0 aliphatic rings. The Labute approximate surface area is 189 Å². The second kappa shape index (κ2) is 9.07. The number of hydrogen-bond acceptors (Lipinski definition) is 7. The second-order valence-corrected chi connectivity index (χ2v) is 7.96. The van der Waals surface area contributed by atoms with Crippen LogP contribution in [0.3, 0.4) is 0 Å². The minimum atomic E-state index is 0.521. The predicted octanol–water partition coefficient (Wildman–Crippen LogP) is 5.28. The molecule has 5 rings (SSSR count). The van der Waals surface area contributed by atoms with Crippen LogP contribution in [-0.2, 0) is 6.42 Å². The van der Waals surface area contributed by atoms with Gasteiger partial charge in [0.1, 0.15) is 12.1 Å². The summed E-state index contributed by atoms with van der Waals surface area (Å²) in [6.07, 6.45) is 2.64. The molecule has 2 N–H and O–H groups in total. The van der Waals surface area contributed by atoms with E-state index in [1.54, 1.807) is 24.8 Å². The van der Waals surface area contributed by atoms with Crippen LogP contribution in [0.15, 0.2) is 77.8 Å². The number of hydrogen-bond donors (Lipinski definition) is 2. The van der Waals surface area contributed by atoms with Crippen LogP contribution in [-0.4, -0.2) is 33.2 Å². The molecule has 2 aromatic carbocycles. The van der Waals surface area contributed by atoms with Gasteiger partial charge in [-0.05, 0) is 47.7 Å². The SMILES string of the molecule is COc1ccc(CCNc2nc(Nc3ccccc3)nc3c2ncn3-c2ccsc2)cc1. The fourth-order valence-corrected chi connectivity index (χ4v) is 4.06. The van der Waals surface area contributed by atoms with Crippen molar-refractivity contribution in [1.82, 2.24) is 19.5 Å². The maximum atomic E-state index is 5.24. The molecule has 3 heterocycles. The van der Waals surface area contributed by atoms with E-state index >= 15 is 0 Å². The molecule has 160 valence electrons. The van der Waals surface area contributed by atoms with Crippen molar-refractivity contribution in [3.8, 4) is 11.4 Å². The molecule has 0 radical (unpaired) electrons. The van der Waals surface area contributed by atoms with Crippen LogP contribution in [0.25, 0.3) is 16.9 Å². The highest BCUT2D eigenvalue weighted by molar-refractivity contribution is 7.08. The van der Waals surface area contributed by atoms with E-state index < -0.39 is 0 Å². The van der Waals surface area contributed by atoms with Crippen molar-refractivity contribution >= 4 is 40.0 Å². The van der Waals surface area contributed by atoms with E-state index in [9.17, 15) is 0 Å². The molecule has 3 aromatic heterocycles. The van der Waals surface area contributed by atoms with E-state index in [4.69, 9.17) is 14.7 Å². The van der Waals surface area contributed by atoms with E-state index in [2.05, 4.69) is 39.2 Å². The number of para-hydroxylation sites is 1. The number of anilines is 3. The molecule has 7 nitrogen and oxygen atoms in total. The molecule has 0 atom stereocenters. The lowest BCUT2D eigenvalue weighted by Crippen LogP contribution is -2.09. The van der Waals surface area contributed by atoms with Gasteiger partial charge < -0.3 is 15.4 Å². The van der Waals surface area contributed by atoms with Crippen LogP contribution in [0, 0.1) is 0 Å². The van der Waals surface area contributed by atoms with E-state index in [0.717, 1.165) is 34.7 Å². The average molecular weight is 443 g/mol. The van der Waals surface area contributed by atoms with Crippen molar-refractivity contribution in [3.63, 3.8) is 0 Å². The number of ether oxygens (including phenoxy) is 1. The van der Waals surface area contributed by atoms with Gasteiger partial charge in [0.15, 0.2) is 17.0 Å². The molecule has 0 aliphatic heterocycles. The highest BCUT2D eigenvalue weighted by Crippen LogP contribution is 2.26. The fraction of sp³-hybridized carbons (Fsp3) is 0.125. The molecular weight excluding hydrogens is 420 g/mol. The zero-order valence-corrected chi connectivity index (χ0v) is 18.3. The van der Waals surface area contributed by atoms with Gasteiger partial charge in [-0.15, -0.1) is 0 Å². The Kier molecular flexibility index (Phi) is 5.67. The molecule has 8 heteroatoms. The van der Waals surface area contributed by atoms with Crippen molar-refractivity contribution < 1.29 is 4.74 Å². The maximum Gasteiger partial charge on any atom is 0.231 e. The molecule has 0 aliphatic carbocycles. The maximum absolute atomic E-state index is 5.24. The Morgan fingerprint density at radius 3 is 2.59 bits per heavy atom. The molecule has 0 unspecified atom stereocenters. The summed E-state index contributed by atoms with van der Waals surface area (Å²) in [6.45, 7) is 0.717. The average Bonchev–Trinajstić information content (AvgIpc) is 3.50. The molecular formula is C24H22N6OS. The number of thiophene rings is 1. The smallest absolute Gasteiger partial charge is 0.231 e. The summed E-state index contributed by atoms with van der Waals surface area (Å²) in [5, 5.41) is 10.9.